The Morgan fingerprint density at radius 3 is 2.67 bits per heavy atom. The van der Waals surface area contributed by atoms with Gasteiger partial charge in [0.2, 0.25) is 5.91 Å². The summed E-state index contributed by atoms with van der Waals surface area (Å²) in [6, 6.07) is 16.9. The molecule has 0 fully saturated rings. The van der Waals surface area contributed by atoms with Gasteiger partial charge in [0.25, 0.3) is 0 Å². The summed E-state index contributed by atoms with van der Waals surface area (Å²) in [5.41, 5.74) is 0.645. The molecule has 5 nitrogen and oxygen atoms in total. The predicted octanol–water partition coefficient (Wildman–Crippen LogP) is 3.94. The first kappa shape index (κ1) is 16.1. The van der Waals surface area contributed by atoms with Crippen molar-refractivity contribution in [3.63, 3.8) is 0 Å². The Balaban J connectivity index is 1.64. The number of para-hydroxylation sites is 3. The van der Waals surface area contributed by atoms with Gasteiger partial charge in [0.05, 0.1) is 11.4 Å². The lowest BCUT2D eigenvalue weighted by molar-refractivity contribution is -0.113. The SMILES string of the molecule is Cn1ccnc1SCC(=O)Nc1ccccc1Oc1ccccc1. The molecule has 6 heteroatoms. The number of nitrogens with one attached hydrogen (secondary N) is 1. The van der Waals surface area contributed by atoms with Crippen molar-refractivity contribution in [2.24, 2.45) is 7.05 Å². The fraction of sp³-hybridized carbons (Fsp3) is 0.111. The maximum absolute atomic E-state index is 12.2. The summed E-state index contributed by atoms with van der Waals surface area (Å²) in [7, 11) is 1.90. The number of aromatic nitrogens is 2. The van der Waals surface area contributed by atoms with E-state index in [-0.39, 0.29) is 11.7 Å². The van der Waals surface area contributed by atoms with Crippen LogP contribution in [0.1, 0.15) is 0 Å². The number of hydrogen-bond acceptors (Lipinski definition) is 4. The second-order valence-electron chi connectivity index (χ2n) is 5.07. The summed E-state index contributed by atoms with van der Waals surface area (Å²) >= 11 is 1.39. The topological polar surface area (TPSA) is 56.2 Å². The van der Waals surface area contributed by atoms with Crippen molar-refractivity contribution in [2.45, 2.75) is 5.16 Å². The normalized spacial score (nSPS) is 10.4. The molecule has 0 aliphatic heterocycles. The van der Waals surface area contributed by atoms with E-state index in [0.29, 0.717) is 11.4 Å². The van der Waals surface area contributed by atoms with Gasteiger partial charge in [-0.25, -0.2) is 4.98 Å². The number of thioether (sulfide) groups is 1. The summed E-state index contributed by atoms with van der Waals surface area (Å²) in [6.45, 7) is 0. The van der Waals surface area contributed by atoms with Gasteiger partial charge in [0.15, 0.2) is 10.9 Å². The quantitative estimate of drug-likeness (QED) is 0.691. The third-order valence-corrected chi connectivity index (χ3v) is 4.30. The molecule has 2 aromatic carbocycles. The molecule has 0 aliphatic rings. The van der Waals surface area contributed by atoms with Crippen molar-refractivity contribution in [2.75, 3.05) is 11.1 Å². The summed E-state index contributed by atoms with van der Waals surface area (Å²) in [5.74, 6) is 1.51. The number of hydrogen-bond donors (Lipinski definition) is 1. The molecule has 0 spiro atoms. The summed E-state index contributed by atoms with van der Waals surface area (Å²) in [5, 5.41) is 3.70. The Morgan fingerprint density at radius 1 is 1.17 bits per heavy atom. The number of rotatable bonds is 6. The molecule has 0 bridgehead atoms. The Bertz CT molecular complexity index is 818. The summed E-state index contributed by atoms with van der Waals surface area (Å²) < 4.78 is 7.72. The van der Waals surface area contributed by atoms with E-state index in [1.807, 2.05) is 72.4 Å². The number of aryl methyl sites for hydroxylation is 1. The third kappa shape index (κ3) is 4.17. The minimum absolute atomic E-state index is 0.105. The standard InChI is InChI=1S/C18H17N3O2S/c1-21-12-11-19-18(21)24-13-17(22)20-15-9-5-6-10-16(15)23-14-7-3-2-4-8-14/h2-12H,13H2,1H3,(H,20,22). The average molecular weight is 339 g/mol. The zero-order valence-corrected chi connectivity index (χ0v) is 14.0. The van der Waals surface area contributed by atoms with E-state index in [4.69, 9.17) is 4.74 Å². The highest BCUT2D eigenvalue weighted by Crippen LogP contribution is 2.29. The molecule has 24 heavy (non-hydrogen) atoms. The minimum atomic E-state index is -0.105. The average Bonchev–Trinajstić information content (AvgIpc) is 3.01. The first-order chi connectivity index (χ1) is 11.7. The number of ether oxygens (including phenoxy) is 1. The van der Waals surface area contributed by atoms with Gasteiger partial charge in [-0.3, -0.25) is 4.79 Å². The maximum atomic E-state index is 12.2. The monoisotopic (exact) mass is 339 g/mol. The van der Waals surface area contributed by atoms with Gasteiger partial charge in [-0.1, -0.05) is 42.1 Å². The molecule has 0 atom stereocenters. The Kier molecular flexibility index (Phi) is 5.18. The molecule has 0 saturated carbocycles. The van der Waals surface area contributed by atoms with Gasteiger partial charge in [-0.2, -0.15) is 0 Å². The highest BCUT2D eigenvalue weighted by molar-refractivity contribution is 7.99. The summed E-state index contributed by atoms with van der Waals surface area (Å²) in [4.78, 5) is 16.4. The lowest BCUT2D eigenvalue weighted by Gasteiger charge is -2.12. The molecule has 122 valence electrons. The van der Waals surface area contributed by atoms with Crippen molar-refractivity contribution in [3.05, 3.63) is 67.0 Å². The van der Waals surface area contributed by atoms with Crippen LogP contribution in [0.4, 0.5) is 5.69 Å². The molecule has 3 aromatic rings. The molecule has 0 saturated heterocycles. The smallest absolute Gasteiger partial charge is 0.234 e. The molecule has 3 rings (SSSR count). The largest absolute Gasteiger partial charge is 0.455 e. The number of anilines is 1. The van der Waals surface area contributed by atoms with Crippen molar-refractivity contribution in [3.8, 4) is 11.5 Å². The fourth-order valence-electron chi connectivity index (χ4n) is 2.08. The van der Waals surface area contributed by atoms with Crippen LogP contribution in [0.15, 0.2) is 72.1 Å². The molecular formula is C18H17N3O2S. The van der Waals surface area contributed by atoms with Crippen LogP contribution in [-0.4, -0.2) is 21.2 Å². The number of carbonyl (C=O) groups excluding carboxylic acids is 1. The van der Waals surface area contributed by atoms with Crippen LogP contribution in [0.2, 0.25) is 0 Å². The van der Waals surface area contributed by atoms with Gasteiger partial charge >= 0.3 is 0 Å². The fourth-order valence-corrected chi connectivity index (χ4v) is 2.81. The molecule has 0 radical (unpaired) electrons. The second kappa shape index (κ2) is 7.70. The Morgan fingerprint density at radius 2 is 1.92 bits per heavy atom. The van der Waals surface area contributed by atoms with Gasteiger partial charge in [0.1, 0.15) is 5.75 Å². The number of benzene rings is 2. The van der Waals surface area contributed by atoms with Crippen LogP contribution in [-0.2, 0) is 11.8 Å². The van der Waals surface area contributed by atoms with Crippen LogP contribution in [0.3, 0.4) is 0 Å². The first-order valence-electron chi connectivity index (χ1n) is 7.44. The summed E-state index contributed by atoms with van der Waals surface area (Å²) in [6.07, 6.45) is 3.56. The van der Waals surface area contributed by atoms with E-state index in [9.17, 15) is 4.79 Å². The number of nitrogens with zero attached hydrogens (tertiary/aromatic N) is 2. The Labute approximate surface area is 144 Å². The van der Waals surface area contributed by atoms with E-state index in [0.717, 1.165) is 10.9 Å². The van der Waals surface area contributed by atoms with Gasteiger partial charge in [0, 0.05) is 19.4 Å². The highest BCUT2D eigenvalue weighted by atomic mass is 32.2. The molecule has 1 heterocycles. The van der Waals surface area contributed by atoms with Crippen molar-refractivity contribution >= 4 is 23.4 Å². The lowest BCUT2D eigenvalue weighted by atomic mass is 10.3. The second-order valence-corrected chi connectivity index (χ2v) is 6.01. The van der Waals surface area contributed by atoms with Gasteiger partial charge in [-0.05, 0) is 24.3 Å². The molecule has 1 aromatic heterocycles. The van der Waals surface area contributed by atoms with Crippen LogP contribution in [0.5, 0.6) is 11.5 Å². The predicted molar refractivity (Wildman–Crippen MR) is 95.5 cm³/mol. The lowest BCUT2D eigenvalue weighted by Crippen LogP contribution is -2.15. The zero-order valence-electron chi connectivity index (χ0n) is 13.2. The molecule has 1 N–H and O–H groups in total. The van der Waals surface area contributed by atoms with Crippen molar-refractivity contribution in [1.29, 1.82) is 0 Å². The van der Waals surface area contributed by atoms with Crippen LogP contribution in [0, 0.1) is 0 Å². The van der Waals surface area contributed by atoms with Gasteiger partial charge in [-0.15, -0.1) is 0 Å². The molecular weight excluding hydrogens is 322 g/mol. The van der Waals surface area contributed by atoms with E-state index in [1.54, 1.807) is 6.20 Å². The minimum Gasteiger partial charge on any atom is -0.455 e. The van der Waals surface area contributed by atoms with E-state index < -0.39 is 0 Å². The maximum Gasteiger partial charge on any atom is 0.234 e. The van der Waals surface area contributed by atoms with E-state index in [1.165, 1.54) is 11.8 Å². The van der Waals surface area contributed by atoms with E-state index >= 15 is 0 Å². The van der Waals surface area contributed by atoms with Crippen molar-refractivity contribution in [1.82, 2.24) is 9.55 Å². The molecule has 0 aliphatic carbocycles. The van der Waals surface area contributed by atoms with Crippen LogP contribution in [0.25, 0.3) is 0 Å². The third-order valence-electron chi connectivity index (χ3n) is 3.24. The van der Waals surface area contributed by atoms with Gasteiger partial charge < -0.3 is 14.6 Å². The Hall–Kier alpha value is -2.73. The van der Waals surface area contributed by atoms with Crippen LogP contribution < -0.4 is 10.1 Å². The van der Waals surface area contributed by atoms with E-state index in [2.05, 4.69) is 10.3 Å². The zero-order chi connectivity index (χ0) is 16.8. The highest BCUT2D eigenvalue weighted by Gasteiger charge is 2.10. The number of amides is 1. The van der Waals surface area contributed by atoms with Crippen LogP contribution >= 0.6 is 11.8 Å². The molecule has 0 unspecified atom stereocenters. The number of imidazole rings is 1. The molecule has 1 amide bonds. The number of carbonyl (C=O) groups is 1. The first-order valence-corrected chi connectivity index (χ1v) is 8.43. The van der Waals surface area contributed by atoms with Crippen molar-refractivity contribution < 1.29 is 9.53 Å².